The van der Waals surface area contributed by atoms with E-state index in [4.69, 9.17) is 0 Å². The largest absolute Gasteiger partial charge is 0.313 e. The van der Waals surface area contributed by atoms with Gasteiger partial charge < -0.3 is 5.32 Å². The maximum Gasteiger partial charge on any atom is 0.105 e. The molecule has 0 atom stereocenters. The molecule has 0 aliphatic carbocycles. The molecule has 1 aromatic carbocycles. The second-order valence-corrected chi connectivity index (χ2v) is 6.18. The number of aromatic nitrogens is 1. The van der Waals surface area contributed by atoms with Crippen molar-refractivity contribution in [3.63, 3.8) is 0 Å². The first-order valence-electron chi connectivity index (χ1n) is 6.37. The first-order chi connectivity index (χ1) is 9.29. The maximum atomic E-state index is 4.49. The van der Waals surface area contributed by atoms with Gasteiger partial charge in [0.1, 0.15) is 5.03 Å². The third-order valence-electron chi connectivity index (χ3n) is 2.62. The lowest BCUT2D eigenvalue weighted by Crippen LogP contribution is -2.14. The molecule has 0 radical (unpaired) electrons. The highest BCUT2D eigenvalue weighted by atomic mass is 79.9. The number of halogens is 1. The topological polar surface area (TPSA) is 24.9 Å². The first-order valence-corrected chi connectivity index (χ1v) is 7.98. The lowest BCUT2D eigenvalue weighted by atomic mass is 10.3. The molecule has 2 rings (SSSR count). The van der Waals surface area contributed by atoms with Crippen LogP contribution in [0.3, 0.4) is 0 Å². The number of rotatable bonds is 6. The fourth-order valence-electron chi connectivity index (χ4n) is 1.66. The second-order valence-electron chi connectivity index (χ2n) is 4.20. The second kappa shape index (κ2) is 7.68. The molecule has 0 unspecified atom stereocenters. The zero-order chi connectivity index (χ0) is 13.5. The molecule has 2 nitrogen and oxygen atoms in total. The van der Waals surface area contributed by atoms with Crippen LogP contribution in [0, 0.1) is 0 Å². The van der Waals surface area contributed by atoms with Crippen LogP contribution in [0.25, 0.3) is 0 Å². The van der Waals surface area contributed by atoms with Crippen molar-refractivity contribution in [3.8, 4) is 0 Å². The molecular weight excluding hydrogens is 320 g/mol. The van der Waals surface area contributed by atoms with E-state index < -0.39 is 0 Å². The number of benzene rings is 1. The van der Waals surface area contributed by atoms with Crippen molar-refractivity contribution in [3.05, 3.63) is 52.6 Å². The van der Waals surface area contributed by atoms with Crippen LogP contribution >= 0.6 is 27.7 Å². The van der Waals surface area contributed by atoms with E-state index in [1.165, 1.54) is 10.5 Å². The van der Waals surface area contributed by atoms with Gasteiger partial charge in [-0.25, -0.2) is 4.98 Å². The van der Waals surface area contributed by atoms with E-state index >= 15 is 0 Å². The molecule has 0 saturated heterocycles. The van der Waals surface area contributed by atoms with Gasteiger partial charge >= 0.3 is 0 Å². The van der Waals surface area contributed by atoms with E-state index in [0.717, 1.165) is 29.0 Å². The summed E-state index contributed by atoms with van der Waals surface area (Å²) in [6, 6.07) is 12.4. The highest BCUT2D eigenvalue weighted by Gasteiger charge is 2.05. The minimum Gasteiger partial charge on any atom is -0.313 e. The van der Waals surface area contributed by atoms with Crippen LogP contribution < -0.4 is 5.32 Å². The van der Waals surface area contributed by atoms with Crippen LogP contribution in [-0.4, -0.2) is 11.5 Å². The molecule has 0 spiro atoms. The Morgan fingerprint density at radius 2 is 2.00 bits per heavy atom. The lowest BCUT2D eigenvalue weighted by molar-refractivity contribution is 0.665. The van der Waals surface area contributed by atoms with Gasteiger partial charge in [0.25, 0.3) is 0 Å². The Hall–Kier alpha value is -0.840. The fraction of sp³-hybridized carbons (Fsp3) is 0.267. The Balaban J connectivity index is 2.08. The predicted molar refractivity (Wildman–Crippen MR) is 84.5 cm³/mol. The smallest absolute Gasteiger partial charge is 0.105 e. The van der Waals surface area contributed by atoms with Gasteiger partial charge in [-0.2, -0.15) is 0 Å². The van der Waals surface area contributed by atoms with Gasteiger partial charge in [-0.15, -0.1) is 0 Å². The van der Waals surface area contributed by atoms with Crippen molar-refractivity contribution >= 4 is 27.7 Å². The molecule has 0 aliphatic heterocycles. The van der Waals surface area contributed by atoms with E-state index in [9.17, 15) is 0 Å². The third kappa shape index (κ3) is 4.64. The minimum atomic E-state index is 0.876. The van der Waals surface area contributed by atoms with E-state index in [2.05, 4.69) is 63.5 Å². The van der Waals surface area contributed by atoms with Crippen molar-refractivity contribution in [2.75, 3.05) is 6.54 Å². The Morgan fingerprint density at radius 3 is 2.74 bits per heavy atom. The number of hydrogen-bond donors (Lipinski definition) is 1. The molecule has 0 amide bonds. The van der Waals surface area contributed by atoms with Crippen LogP contribution in [0.4, 0.5) is 0 Å². The molecule has 0 aliphatic rings. The summed E-state index contributed by atoms with van der Waals surface area (Å²) in [6.07, 6.45) is 3.00. The molecule has 2 aromatic rings. The molecule has 100 valence electrons. The summed E-state index contributed by atoms with van der Waals surface area (Å²) < 4.78 is 1.10. The van der Waals surface area contributed by atoms with Crippen molar-refractivity contribution < 1.29 is 0 Å². The van der Waals surface area contributed by atoms with E-state index in [-0.39, 0.29) is 0 Å². The number of nitrogens with zero attached hydrogens (tertiary/aromatic N) is 1. The Kier molecular flexibility index (Phi) is 5.89. The summed E-state index contributed by atoms with van der Waals surface area (Å²) >= 11 is 5.16. The first kappa shape index (κ1) is 14.6. The summed E-state index contributed by atoms with van der Waals surface area (Å²) in [6.45, 7) is 4.09. The third-order valence-corrected chi connectivity index (χ3v) is 4.22. The average Bonchev–Trinajstić information content (AvgIpc) is 2.43. The van der Waals surface area contributed by atoms with E-state index in [1.807, 2.05) is 12.3 Å². The molecule has 0 fully saturated rings. The molecule has 0 saturated carbocycles. The number of nitrogens with one attached hydrogen (secondary N) is 1. The SMILES string of the molecule is CCCNCc1cccnc1Sc1ccc(Br)cc1. The zero-order valence-corrected chi connectivity index (χ0v) is 13.3. The quantitative estimate of drug-likeness (QED) is 0.786. The number of pyridine rings is 1. The maximum absolute atomic E-state index is 4.49. The zero-order valence-electron chi connectivity index (χ0n) is 10.9. The molecule has 1 aromatic heterocycles. The average molecular weight is 337 g/mol. The van der Waals surface area contributed by atoms with Gasteiger partial charge in [0, 0.05) is 22.1 Å². The molecule has 1 heterocycles. The van der Waals surface area contributed by atoms with Gasteiger partial charge in [-0.05, 0) is 48.9 Å². The van der Waals surface area contributed by atoms with Crippen molar-refractivity contribution in [2.45, 2.75) is 29.8 Å². The van der Waals surface area contributed by atoms with Gasteiger partial charge in [-0.3, -0.25) is 0 Å². The van der Waals surface area contributed by atoms with E-state index in [1.54, 1.807) is 11.8 Å². The Bertz CT molecular complexity index is 514. The molecule has 19 heavy (non-hydrogen) atoms. The molecular formula is C15H17BrN2S. The summed E-state index contributed by atoms with van der Waals surface area (Å²) in [5, 5.41) is 4.50. The van der Waals surface area contributed by atoms with Crippen LogP contribution in [0.5, 0.6) is 0 Å². The lowest BCUT2D eigenvalue weighted by Gasteiger charge is -2.08. The van der Waals surface area contributed by atoms with Crippen molar-refractivity contribution in [1.29, 1.82) is 0 Å². The van der Waals surface area contributed by atoms with Gasteiger partial charge in [-0.1, -0.05) is 40.7 Å². The highest BCUT2D eigenvalue weighted by Crippen LogP contribution is 2.29. The van der Waals surface area contributed by atoms with E-state index in [0.29, 0.717) is 0 Å². The van der Waals surface area contributed by atoms with Gasteiger partial charge in [0.15, 0.2) is 0 Å². The van der Waals surface area contributed by atoms with Gasteiger partial charge in [0.2, 0.25) is 0 Å². The molecule has 1 N–H and O–H groups in total. The summed E-state index contributed by atoms with van der Waals surface area (Å²) in [5.74, 6) is 0. The molecule has 0 bridgehead atoms. The summed E-state index contributed by atoms with van der Waals surface area (Å²) in [5.41, 5.74) is 1.25. The summed E-state index contributed by atoms with van der Waals surface area (Å²) in [7, 11) is 0. The van der Waals surface area contributed by atoms with Crippen LogP contribution in [0.1, 0.15) is 18.9 Å². The van der Waals surface area contributed by atoms with Crippen molar-refractivity contribution in [1.82, 2.24) is 10.3 Å². The normalized spacial score (nSPS) is 10.6. The van der Waals surface area contributed by atoms with Gasteiger partial charge in [0.05, 0.1) is 0 Å². The van der Waals surface area contributed by atoms with Crippen LogP contribution in [-0.2, 0) is 6.54 Å². The summed E-state index contributed by atoms with van der Waals surface area (Å²) in [4.78, 5) is 5.69. The minimum absolute atomic E-state index is 0.876. The van der Waals surface area contributed by atoms with Crippen LogP contribution in [0.15, 0.2) is 57.0 Å². The monoisotopic (exact) mass is 336 g/mol. The standard InChI is InChI=1S/C15H17BrN2S/c1-2-9-17-11-12-4-3-10-18-15(12)19-14-7-5-13(16)6-8-14/h3-8,10,17H,2,9,11H2,1H3. The Morgan fingerprint density at radius 1 is 1.21 bits per heavy atom. The fourth-order valence-corrected chi connectivity index (χ4v) is 2.81. The molecule has 4 heteroatoms. The predicted octanol–water partition coefficient (Wildman–Crippen LogP) is 4.49. The Labute approximate surface area is 127 Å². The highest BCUT2D eigenvalue weighted by molar-refractivity contribution is 9.10. The van der Waals surface area contributed by atoms with Crippen LogP contribution in [0.2, 0.25) is 0 Å². The number of hydrogen-bond acceptors (Lipinski definition) is 3. The van der Waals surface area contributed by atoms with Crippen molar-refractivity contribution in [2.24, 2.45) is 0 Å².